The fraction of sp³-hybridized carbons (Fsp3) is 0.333. The highest BCUT2D eigenvalue weighted by molar-refractivity contribution is 5.31. The molecule has 1 saturated heterocycles. The van der Waals surface area contributed by atoms with Gasteiger partial charge in [-0.2, -0.15) is 13.2 Å². The van der Waals surface area contributed by atoms with Gasteiger partial charge in [-0.15, -0.1) is 0 Å². The van der Waals surface area contributed by atoms with E-state index in [0.29, 0.717) is 0 Å². The van der Waals surface area contributed by atoms with Gasteiger partial charge in [-0.3, -0.25) is 0 Å². The molecule has 0 amide bonds. The molecule has 0 saturated carbocycles. The van der Waals surface area contributed by atoms with Gasteiger partial charge in [0, 0.05) is 5.56 Å². The molecule has 1 unspecified atom stereocenters. The van der Waals surface area contributed by atoms with E-state index in [2.05, 4.69) is 0 Å². The summed E-state index contributed by atoms with van der Waals surface area (Å²) < 4.78 is 54.7. The zero-order valence-electron chi connectivity index (χ0n) is 6.94. The van der Waals surface area contributed by atoms with E-state index in [1.807, 2.05) is 0 Å². The average molecular weight is 206 g/mol. The molecule has 1 atom stereocenters. The lowest BCUT2D eigenvalue weighted by atomic mass is 10.1. The Labute approximate surface area is 77.3 Å². The molecule has 1 nitrogen and oxygen atoms in total. The van der Waals surface area contributed by atoms with Crippen LogP contribution < -0.4 is 0 Å². The standard InChI is InChI=1S/C9H6F4O/c10-8-5(7-4-14-7)2-1-3-6(8)9(11,12)13/h1-3,7H,4H2. The van der Waals surface area contributed by atoms with Crippen LogP contribution in [0.2, 0.25) is 0 Å². The maximum Gasteiger partial charge on any atom is 0.419 e. The van der Waals surface area contributed by atoms with Gasteiger partial charge in [0.1, 0.15) is 11.9 Å². The van der Waals surface area contributed by atoms with E-state index < -0.39 is 23.7 Å². The molecule has 1 aliphatic rings. The molecule has 1 fully saturated rings. The third-order valence-electron chi connectivity index (χ3n) is 2.01. The van der Waals surface area contributed by atoms with E-state index >= 15 is 0 Å². The summed E-state index contributed by atoms with van der Waals surface area (Å²) in [6.07, 6.45) is -5.15. The third-order valence-corrected chi connectivity index (χ3v) is 2.01. The highest BCUT2D eigenvalue weighted by atomic mass is 19.4. The van der Waals surface area contributed by atoms with E-state index in [4.69, 9.17) is 4.74 Å². The predicted molar refractivity (Wildman–Crippen MR) is 40.1 cm³/mol. The summed E-state index contributed by atoms with van der Waals surface area (Å²) in [5.41, 5.74) is -1.25. The van der Waals surface area contributed by atoms with E-state index in [-0.39, 0.29) is 12.2 Å². The molecule has 1 aromatic carbocycles. The number of hydrogen-bond acceptors (Lipinski definition) is 1. The fourth-order valence-corrected chi connectivity index (χ4v) is 1.25. The first-order valence-electron chi connectivity index (χ1n) is 3.97. The Morgan fingerprint density at radius 2 is 1.93 bits per heavy atom. The van der Waals surface area contributed by atoms with Crippen LogP contribution in [0.3, 0.4) is 0 Å². The van der Waals surface area contributed by atoms with E-state index in [1.54, 1.807) is 0 Å². The number of halogens is 4. The second kappa shape index (κ2) is 2.95. The van der Waals surface area contributed by atoms with E-state index in [0.717, 1.165) is 6.07 Å². The molecule has 1 aromatic rings. The Kier molecular flexibility index (Phi) is 1.99. The topological polar surface area (TPSA) is 12.5 Å². The lowest BCUT2D eigenvalue weighted by Gasteiger charge is -2.09. The van der Waals surface area contributed by atoms with Gasteiger partial charge in [0.2, 0.25) is 0 Å². The molecule has 5 heteroatoms. The molecule has 0 spiro atoms. The van der Waals surface area contributed by atoms with Crippen molar-refractivity contribution in [1.82, 2.24) is 0 Å². The van der Waals surface area contributed by atoms with Crippen molar-refractivity contribution >= 4 is 0 Å². The maximum atomic E-state index is 13.3. The fourth-order valence-electron chi connectivity index (χ4n) is 1.25. The first-order chi connectivity index (χ1) is 6.50. The smallest absolute Gasteiger partial charge is 0.368 e. The van der Waals surface area contributed by atoms with Crippen LogP contribution in [0.25, 0.3) is 0 Å². The van der Waals surface area contributed by atoms with Crippen molar-refractivity contribution in [2.24, 2.45) is 0 Å². The van der Waals surface area contributed by atoms with Crippen LogP contribution in [0, 0.1) is 5.82 Å². The molecule has 2 rings (SSSR count). The van der Waals surface area contributed by atoms with Crippen LogP contribution in [0.1, 0.15) is 17.2 Å². The minimum Gasteiger partial charge on any atom is -0.368 e. The summed E-state index contributed by atoms with van der Waals surface area (Å²) >= 11 is 0. The highest BCUT2D eigenvalue weighted by Crippen LogP contribution is 2.37. The number of alkyl halides is 3. The molecule has 0 radical (unpaired) electrons. The normalized spacial score (nSPS) is 21.0. The first kappa shape index (κ1) is 9.45. The van der Waals surface area contributed by atoms with Crippen LogP contribution in [0.15, 0.2) is 18.2 Å². The Morgan fingerprint density at radius 1 is 1.29 bits per heavy atom. The summed E-state index contributed by atoms with van der Waals surface area (Å²) in [7, 11) is 0. The third kappa shape index (κ3) is 1.59. The number of hydrogen-bond donors (Lipinski definition) is 0. The minimum absolute atomic E-state index is 0.0141. The van der Waals surface area contributed by atoms with Crippen molar-refractivity contribution in [3.63, 3.8) is 0 Å². The van der Waals surface area contributed by atoms with Gasteiger partial charge in [0.05, 0.1) is 12.2 Å². The number of epoxide rings is 1. The average Bonchev–Trinajstić information content (AvgIpc) is 2.85. The van der Waals surface area contributed by atoms with Crippen molar-refractivity contribution < 1.29 is 22.3 Å². The van der Waals surface area contributed by atoms with Crippen LogP contribution in [0.5, 0.6) is 0 Å². The maximum absolute atomic E-state index is 13.3. The molecule has 1 heterocycles. The highest BCUT2D eigenvalue weighted by Gasteiger charge is 2.37. The zero-order valence-corrected chi connectivity index (χ0v) is 6.94. The van der Waals surface area contributed by atoms with Gasteiger partial charge in [-0.05, 0) is 6.07 Å². The number of ether oxygens (including phenoxy) is 1. The Balaban J connectivity index is 2.46. The van der Waals surface area contributed by atoms with Crippen LogP contribution in [-0.2, 0) is 10.9 Å². The second-order valence-corrected chi connectivity index (χ2v) is 3.03. The van der Waals surface area contributed by atoms with Crippen molar-refractivity contribution in [1.29, 1.82) is 0 Å². The monoisotopic (exact) mass is 206 g/mol. The lowest BCUT2D eigenvalue weighted by Crippen LogP contribution is -2.09. The SMILES string of the molecule is Fc1c(C2CO2)cccc1C(F)(F)F. The first-order valence-corrected chi connectivity index (χ1v) is 3.97. The summed E-state index contributed by atoms with van der Waals surface area (Å²) in [5.74, 6) is -1.22. The lowest BCUT2D eigenvalue weighted by molar-refractivity contribution is -0.140. The second-order valence-electron chi connectivity index (χ2n) is 3.03. The minimum atomic E-state index is -4.64. The predicted octanol–water partition coefficient (Wildman–Crippen LogP) is 2.92. The molecule has 0 aromatic heterocycles. The Hall–Kier alpha value is -1.10. The van der Waals surface area contributed by atoms with Crippen LogP contribution in [0.4, 0.5) is 17.6 Å². The summed E-state index contributed by atoms with van der Waals surface area (Å²) in [4.78, 5) is 0. The van der Waals surface area contributed by atoms with Crippen LogP contribution >= 0.6 is 0 Å². The van der Waals surface area contributed by atoms with Crippen LogP contribution in [-0.4, -0.2) is 6.61 Å². The van der Waals surface area contributed by atoms with Gasteiger partial charge in [0.25, 0.3) is 0 Å². The van der Waals surface area contributed by atoms with Gasteiger partial charge in [-0.1, -0.05) is 12.1 Å². The number of benzene rings is 1. The quantitative estimate of drug-likeness (QED) is 0.508. The van der Waals surface area contributed by atoms with E-state index in [9.17, 15) is 17.6 Å². The molecule has 14 heavy (non-hydrogen) atoms. The van der Waals surface area contributed by atoms with Crippen molar-refractivity contribution in [3.8, 4) is 0 Å². The van der Waals surface area contributed by atoms with Crippen molar-refractivity contribution in [2.75, 3.05) is 6.61 Å². The van der Waals surface area contributed by atoms with Gasteiger partial charge < -0.3 is 4.74 Å². The Bertz CT molecular complexity index is 354. The largest absolute Gasteiger partial charge is 0.419 e. The molecule has 0 aliphatic carbocycles. The summed E-state index contributed by atoms with van der Waals surface area (Å²) in [6, 6.07) is 3.21. The molecule has 76 valence electrons. The van der Waals surface area contributed by atoms with Gasteiger partial charge in [-0.25, -0.2) is 4.39 Å². The van der Waals surface area contributed by atoms with Crippen molar-refractivity contribution in [3.05, 3.63) is 35.1 Å². The summed E-state index contributed by atoms with van der Waals surface area (Å²) in [6.45, 7) is 0.290. The molecular weight excluding hydrogens is 200 g/mol. The summed E-state index contributed by atoms with van der Waals surface area (Å²) in [5, 5.41) is 0. The van der Waals surface area contributed by atoms with Gasteiger partial charge in [0.15, 0.2) is 0 Å². The van der Waals surface area contributed by atoms with Crippen molar-refractivity contribution in [2.45, 2.75) is 12.3 Å². The molecular formula is C9H6F4O. The molecule has 0 bridgehead atoms. The van der Waals surface area contributed by atoms with Gasteiger partial charge >= 0.3 is 6.18 Å². The number of rotatable bonds is 1. The molecule has 0 N–H and O–H groups in total. The molecule has 1 aliphatic heterocycles. The van der Waals surface area contributed by atoms with E-state index in [1.165, 1.54) is 12.1 Å². The zero-order chi connectivity index (χ0) is 10.3. The Morgan fingerprint density at radius 3 is 2.43 bits per heavy atom.